The van der Waals surface area contributed by atoms with Crippen molar-refractivity contribution in [3.05, 3.63) is 85.6 Å². The summed E-state index contributed by atoms with van der Waals surface area (Å²) >= 11 is 6.16. The summed E-state index contributed by atoms with van der Waals surface area (Å²) in [5, 5.41) is 27.3. The van der Waals surface area contributed by atoms with E-state index in [1.807, 2.05) is 20.8 Å². The lowest BCUT2D eigenvalue weighted by molar-refractivity contribution is -0.385. The standard InChI is InChI=1S/C24H25N6O7PS/c1-4-27(5-2)38(39)21-16(3)26-28(14-15-36-24(31)18-8-12-20(13-9-18)30(34)35)22(21)25-23(37-38)17-6-10-19(11-7-17)29(32)33/h6-13H,4-5,14-15H2,1-3H3/t38-/m0/s1. The first-order valence-electron chi connectivity index (χ1n) is 12.0. The fourth-order valence-electron chi connectivity index (χ4n) is 4.10. The highest BCUT2D eigenvalue weighted by Crippen LogP contribution is 2.55. The van der Waals surface area contributed by atoms with Crippen LogP contribution in [0, 0.1) is 27.2 Å². The van der Waals surface area contributed by atoms with E-state index >= 15 is 0 Å². The molecule has 0 unspecified atom stereocenters. The summed E-state index contributed by atoms with van der Waals surface area (Å²) in [6.07, 6.45) is -2.84. The Hall–Kier alpha value is -4.00. The van der Waals surface area contributed by atoms with Crippen molar-refractivity contribution in [1.29, 1.82) is 0 Å². The van der Waals surface area contributed by atoms with Gasteiger partial charge in [0, 0.05) is 42.9 Å². The molecule has 0 amide bonds. The lowest BCUT2D eigenvalue weighted by Gasteiger charge is -2.35. The number of nitro groups is 2. The Balaban J connectivity index is 1.64. The Bertz CT molecular complexity index is 1500. The Labute approximate surface area is 228 Å². The average molecular weight is 573 g/mol. The molecule has 0 radical (unpaired) electrons. The van der Waals surface area contributed by atoms with Crippen molar-refractivity contribution in [3.63, 3.8) is 0 Å². The number of ether oxygens (including phenoxy) is 1. The monoisotopic (exact) mass is 572 g/mol. The van der Waals surface area contributed by atoms with E-state index in [0.717, 1.165) is 0 Å². The number of nitrogens with zero attached hydrogens (tertiary/aromatic N) is 6. The summed E-state index contributed by atoms with van der Waals surface area (Å²) in [5.41, 5.74) is 1.17. The van der Waals surface area contributed by atoms with Crippen LogP contribution in [-0.4, -0.2) is 55.9 Å². The van der Waals surface area contributed by atoms with Crippen LogP contribution in [0.25, 0.3) is 0 Å². The molecule has 0 saturated carbocycles. The van der Waals surface area contributed by atoms with E-state index in [9.17, 15) is 25.0 Å². The van der Waals surface area contributed by atoms with Gasteiger partial charge in [-0.3, -0.25) is 20.2 Å². The molecule has 0 bridgehead atoms. The highest BCUT2D eigenvalue weighted by molar-refractivity contribution is 8.15. The first kappa shape index (κ1) is 28.0. The summed E-state index contributed by atoms with van der Waals surface area (Å²) in [5.74, 6) is 0.0830. The minimum absolute atomic E-state index is 0.0409. The van der Waals surface area contributed by atoms with Crippen LogP contribution in [0.2, 0.25) is 0 Å². The van der Waals surface area contributed by atoms with Crippen molar-refractivity contribution >= 4 is 52.6 Å². The van der Waals surface area contributed by atoms with Gasteiger partial charge in [0.25, 0.3) is 11.4 Å². The number of esters is 1. The molecule has 2 heterocycles. The molecule has 2 aromatic carbocycles. The SMILES string of the molecule is CCN(CC)[P@]1(=S)OC(c2ccc([N+](=O)[O-])cc2)=Nc2c1c(C)nn2CCOC(=O)c1ccc([N+](=O)[O-])cc1. The van der Waals surface area contributed by atoms with Gasteiger partial charge in [-0.25, -0.2) is 14.1 Å². The van der Waals surface area contributed by atoms with E-state index in [1.165, 1.54) is 36.4 Å². The van der Waals surface area contributed by atoms with Crippen LogP contribution in [0.5, 0.6) is 0 Å². The van der Waals surface area contributed by atoms with Gasteiger partial charge in [0.15, 0.2) is 5.82 Å². The predicted molar refractivity (Wildman–Crippen MR) is 148 cm³/mol. The topological polar surface area (TPSA) is 155 Å². The van der Waals surface area contributed by atoms with Crippen LogP contribution < -0.4 is 5.30 Å². The largest absolute Gasteiger partial charge is 0.460 e. The number of hydrogen-bond acceptors (Lipinski definition) is 10. The normalized spacial score (nSPS) is 16.3. The Morgan fingerprint density at radius 2 is 1.62 bits per heavy atom. The molecule has 1 aliphatic rings. The highest BCUT2D eigenvalue weighted by Gasteiger charge is 2.40. The Morgan fingerprint density at radius 1 is 1.05 bits per heavy atom. The second-order valence-corrected chi connectivity index (χ2v) is 12.1. The maximum atomic E-state index is 12.5. The number of rotatable bonds is 10. The number of fused-ring (bicyclic) bond motifs is 1. The number of aryl methyl sites for hydroxylation is 1. The molecule has 0 spiro atoms. The number of carbonyl (C=O) groups excluding carboxylic acids is 1. The van der Waals surface area contributed by atoms with E-state index in [2.05, 4.69) is 9.77 Å². The van der Waals surface area contributed by atoms with Gasteiger partial charge in [-0.15, -0.1) is 0 Å². The van der Waals surface area contributed by atoms with Crippen molar-refractivity contribution in [1.82, 2.24) is 14.5 Å². The molecule has 15 heteroatoms. The van der Waals surface area contributed by atoms with E-state index in [-0.39, 0.29) is 36.0 Å². The number of benzene rings is 2. The van der Waals surface area contributed by atoms with Gasteiger partial charge >= 0.3 is 5.97 Å². The van der Waals surface area contributed by atoms with E-state index < -0.39 is 22.2 Å². The van der Waals surface area contributed by atoms with Crippen molar-refractivity contribution in [2.24, 2.45) is 4.99 Å². The molecular weight excluding hydrogens is 547 g/mol. The number of non-ortho nitro benzene ring substituents is 2. The van der Waals surface area contributed by atoms with Crippen molar-refractivity contribution in [2.45, 2.75) is 27.3 Å². The number of aromatic nitrogens is 2. The molecule has 0 aliphatic carbocycles. The smallest absolute Gasteiger partial charge is 0.338 e. The third kappa shape index (κ3) is 5.58. The van der Waals surface area contributed by atoms with Gasteiger partial charge in [0.2, 0.25) is 12.3 Å². The van der Waals surface area contributed by atoms with E-state index in [0.29, 0.717) is 35.5 Å². The van der Waals surface area contributed by atoms with Gasteiger partial charge in [-0.05, 0) is 43.0 Å². The maximum Gasteiger partial charge on any atom is 0.338 e. The molecule has 39 heavy (non-hydrogen) atoms. The first-order chi connectivity index (χ1) is 18.6. The molecule has 1 atom stereocenters. The predicted octanol–water partition coefficient (Wildman–Crippen LogP) is 4.25. The van der Waals surface area contributed by atoms with Gasteiger partial charge in [-0.1, -0.05) is 13.8 Å². The summed E-state index contributed by atoms with van der Waals surface area (Å²) in [7, 11) is 0. The number of nitro benzene ring substituents is 2. The molecule has 0 saturated heterocycles. The minimum Gasteiger partial charge on any atom is -0.460 e. The zero-order valence-corrected chi connectivity index (χ0v) is 23.1. The zero-order valence-electron chi connectivity index (χ0n) is 21.3. The fourth-order valence-corrected chi connectivity index (χ4v) is 8.13. The second kappa shape index (κ2) is 11.4. The Morgan fingerprint density at radius 3 is 2.15 bits per heavy atom. The second-order valence-electron chi connectivity index (χ2n) is 8.39. The summed E-state index contributed by atoms with van der Waals surface area (Å²) in [6.45, 7) is 7.15. The van der Waals surface area contributed by atoms with Crippen LogP contribution in [0.3, 0.4) is 0 Å². The molecule has 1 aliphatic heterocycles. The lowest BCUT2D eigenvalue weighted by Crippen LogP contribution is -2.32. The quantitative estimate of drug-likeness (QED) is 0.149. The van der Waals surface area contributed by atoms with Crippen molar-refractivity contribution < 1.29 is 23.9 Å². The molecule has 204 valence electrons. The minimum atomic E-state index is -2.84. The summed E-state index contributed by atoms with van der Waals surface area (Å²) in [4.78, 5) is 38.1. The Kier molecular flexibility index (Phi) is 8.19. The highest BCUT2D eigenvalue weighted by atomic mass is 32.4. The zero-order chi connectivity index (χ0) is 28.3. The molecule has 1 aromatic heterocycles. The van der Waals surface area contributed by atoms with Gasteiger partial charge in [0.1, 0.15) is 11.9 Å². The fraction of sp³-hybridized carbons (Fsp3) is 0.292. The molecule has 13 nitrogen and oxygen atoms in total. The third-order valence-electron chi connectivity index (χ3n) is 6.05. The van der Waals surface area contributed by atoms with Crippen LogP contribution in [0.15, 0.2) is 53.5 Å². The van der Waals surface area contributed by atoms with Gasteiger partial charge in [0.05, 0.1) is 27.6 Å². The first-order valence-corrected chi connectivity index (χ1v) is 14.6. The van der Waals surface area contributed by atoms with Crippen LogP contribution >= 0.6 is 6.42 Å². The summed E-state index contributed by atoms with van der Waals surface area (Å²) in [6, 6.07) is 11.0. The lowest BCUT2D eigenvalue weighted by atomic mass is 10.2. The van der Waals surface area contributed by atoms with Crippen LogP contribution in [0.1, 0.15) is 35.5 Å². The van der Waals surface area contributed by atoms with E-state index in [1.54, 1.807) is 16.8 Å². The average Bonchev–Trinajstić information content (AvgIpc) is 3.25. The third-order valence-corrected chi connectivity index (χ3v) is 10.3. The van der Waals surface area contributed by atoms with Crippen LogP contribution in [-0.2, 0) is 27.6 Å². The number of aliphatic imine (C=N–C) groups is 1. The van der Waals surface area contributed by atoms with Gasteiger partial charge < -0.3 is 9.26 Å². The van der Waals surface area contributed by atoms with Crippen molar-refractivity contribution in [2.75, 3.05) is 19.7 Å². The molecule has 0 fully saturated rings. The molecule has 4 rings (SSSR count). The molecular formula is C24H25N6O7PS. The maximum absolute atomic E-state index is 12.5. The molecule has 0 N–H and O–H groups in total. The number of carbonyl (C=O) groups is 1. The number of hydrogen-bond donors (Lipinski definition) is 0. The summed E-state index contributed by atoms with van der Waals surface area (Å²) < 4.78 is 15.4. The molecule has 3 aromatic rings. The van der Waals surface area contributed by atoms with Gasteiger partial charge in [-0.2, -0.15) is 10.1 Å². The van der Waals surface area contributed by atoms with Crippen molar-refractivity contribution in [3.8, 4) is 0 Å². The van der Waals surface area contributed by atoms with E-state index in [4.69, 9.17) is 26.1 Å². The van der Waals surface area contributed by atoms with Crippen LogP contribution in [0.4, 0.5) is 17.2 Å².